The van der Waals surface area contributed by atoms with Gasteiger partial charge in [0.15, 0.2) is 0 Å². The van der Waals surface area contributed by atoms with Crippen LogP contribution in [0, 0.1) is 0 Å². The third-order valence-electron chi connectivity index (χ3n) is 6.35. The number of likely N-dealkylation sites (tertiary alicyclic amines) is 1. The van der Waals surface area contributed by atoms with Crippen LogP contribution in [-0.2, 0) is 17.8 Å². The van der Waals surface area contributed by atoms with E-state index >= 15 is 0 Å². The van der Waals surface area contributed by atoms with Crippen LogP contribution in [0.1, 0.15) is 41.7 Å². The molecule has 2 aliphatic rings. The van der Waals surface area contributed by atoms with Crippen LogP contribution in [0.5, 0.6) is 0 Å². The number of carbonyl (C=O) groups excluding carboxylic acids is 2. The van der Waals surface area contributed by atoms with E-state index in [0.717, 1.165) is 60.9 Å². The van der Waals surface area contributed by atoms with E-state index in [1.807, 2.05) is 59.6 Å². The van der Waals surface area contributed by atoms with Gasteiger partial charge >= 0.3 is 0 Å². The van der Waals surface area contributed by atoms with Crippen LogP contribution in [0.4, 0.5) is 5.69 Å². The Hall–Kier alpha value is -3.06. The summed E-state index contributed by atoms with van der Waals surface area (Å²) < 4.78 is 2.30. The Morgan fingerprint density at radius 1 is 0.939 bits per heavy atom. The predicted molar refractivity (Wildman–Crippen MR) is 132 cm³/mol. The first-order valence-corrected chi connectivity index (χ1v) is 12.6. The topological polar surface area (TPSA) is 67.2 Å². The zero-order valence-corrected chi connectivity index (χ0v) is 19.4. The Balaban J connectivity index is 1.25. The molecule has 5 rings (SSSR count). The quantitative estimate of drug-likeness (QED) is 0.534. The van der Waals surface area contributed by atoms with Crippen molar-refractivity contribution in [3.63, 3.8) is 0 Å². The molecule has 2 aromatic carbocycles. The van der Waals surface area contributed by atoms with Crippen molar-refractivity contribution in [2.75, 3.05) is 24.2 Å². The molecule has 0 spiro atoms. The van der Waals surface area contributed by atoms with Gasteiger partial charge in [-0.25, -0.2) is 4.98 Å². The van der Waals surface area contributed by atoms with Gasteiger partial charge in [0.25, 0.3) is 5.91 Å². The summed E-state index contributed by atoms with van der Waals surface area (Å²) in [7, 11) is 0. The Kier molecular flexibility index (Phi) is 6.48. The van der Waals surface area contributed by atoms with Crippen molar-refractivity contribution >= 4 is 29.3 Å². The van der Waals surface area contributed by atoms with Gasteiger partial charge in [-0.1, -0.05) is 12.1 Å². The highest BCUT2D eigenvalue weighted by Crippen LogP contribution is 2.27. The third-order valence-corrected chi connectivity index (χ3v) is 7.40. The molecule has 0 radical (unpaired) electrons. The standard InChI is InChI=1S/C26H28N4O2S/c31-24(29-14-5-6-15-29)18-33-23-9-2-1-8-22(23)26(32)28-20-12-10-19(11-13-20)25-27-17-21-7-3-4-16-30(21)25/h1-2,8-13,17H,3-7,14-16,18H2,(H,28,32). The first kappa shape index (κ1) is 21.8. The molecule has 2 aliphatic heterocycles. The number of carbonyl (C=O) groups is 2. The fourth-order valence-electron chi connectivity index (χ4n) is 4.54. The number of benzene rings is 2. The number of thioether (sulfide) groups is 1. The largest absolute Gasteiger partial charge is 0.342 e. The lowest BCUT2D eigenvalue weighted by molar-refractivity contribution is -0.127. The number of amides is 2. The molecule has 3 heterocycles. The molecule has 0 saturated carbocycles. The Morgan fingerprint density at radius 2 is 1.70 bits per heavy atom. The number of hydrogen-bond acceptors (Lipinski definition) is 4. The summed E-state index contributed by atoms with van der Waals surface area (Å²) >= 11 is 1.43. The van der Waals surface area contributed by atoms with E-state index in [-0.39, 0.29) is 11.8 Å². The molecule has 7 heteroatoms. The molecule has 3 aromatic rings. The molecule has 0 bridgehead atoms. The second kappa shape index (κ2) is 9.83. The summed E-state index contributed by atoms with van der Waals surface area (Å²) in [5.74, 6) is 1.32. The van der Waals surface area contributed by atoms with Crippen LogP contribution < -0.4 is 5.32 Å². The lowest BCUT2D eigenvalue weighted by Gasteiger charge is -2.17. The van der Waals surface area contributed by atoms with Gasteiger partial charge in [-0.3, -0.25) is 9.59 Å². The van der Waals surface area contributed by atoms with Crippen LogP contribution in [0.3, 0.4) is 0 Å². The molecule has 1 saturated heterocycles. The van der Waals surface area contributed by atoms with Crippen molar-refractivity contribution in [3.05, 3.63) is 66.0 Å². The van der Waals surface area contributed by atoms with Crippen molar-refractivity contribution in [1.82, 2.24) is 14.5 Å². The highest BCUT2D eigenvalue weighted by Gasteiger charge is 2.20. The first-order valence-electron chi connectivity index (χ1n) is 11.6. The highest BCUT2D eigenvalue weighted by molar-refractivity contribution is 8.00. The molecule has 0 aliphatic carbocycles. The highest BCUT2D eigenvalue weighted by atomic mass is 32.2. The van der Waals surface area contributed by atoms with Crippen LogP contribution in [0.15, 0.2) is 59.6 Å². The zero-order valence-electron chi connectivity index (χ0n) is 18.6. The zero-order chi connectivity index (χ0) is 22.6. The summed E-state index contributed by atoms with van der Waals surface area (Å²) in [5.41, 5.74) is 3.67. The van der Waals surface area contributed by atoms with Gasteiger partial charge in [0.05, 0.1) is 11.3 Å². The number of anilines is 1. The van der Waals surface area contributed by atoms with Gasteiger partial charge in [0, 0.05) is 47.7 Å². The van der Waals surface area contributed by atoms with Crippen LogP contribution in [0.2, 0.25) is 0 Å². The van der Waals surface area contributed by atoms with Gasteiger partial charge in [-0.2, -0.15) is 0 Å². The molecular weight excluding hydrogens is 432 g/mol. The van der Waals surface area contributed by atoms with Gasteiger partial charge in [-0.15, -0.1) is 11.8 Å². The molecule has 6 nitrogen and oxygen atoms in total. The molecule has 1 fully saturated rings. The van der Waals surface area contributed by atoms with Crippen LogP contribution in [0.25, 0.3) is 11.4 Å². The van der Waals surface area contributed by atoms with E-state index in [1.165, 1.54) is 30.3 Å². The maximum atomic E-state index is 13.0. The summed E-state index contributed by atoms with van der Waals surface area (Å²) in [6.07, 6.45) is 7.64. The average Bonchev–Trinajstić information content (AvgIpc) is 3.54. The maximum absolute atomic E-state index is 13.0. The number of imidazole rings is 1. The lowest BCUT2D eigenvalue weighted by Crippen LogP contribution is -2.29. The predicted octanol–water partition coefficient (Wildman–Crippen LogP) is 4.85. The molecule has 2 amide bonds. The number of hydrogen-bond donors (Lipinski definition) is 1. The Morgan fingerprint density at radius 3 is 2.52 bits per heavy atom. The first-order chi connectivity index (χ1) is 16.2. The smallest absolute Gasteiger partial charge is 0.256 e. The molecular formula is C26H28N4O2S. The molecule has 1 N–H and O–H groups in total. The lowest BCUT2D eigenvalue weighted by atomic mass is 10.1. The minimum atomic E-state index is -0.169. The minimum absolute atomic E-state index is 0.143. The molecule has 0 unspecified atom stereocenters. The molecule has 1 aromatic heterocycles. The maximum Gasteiger partial charge on any atom is 0.256 e. The fourth-order valence-corrected chi connectivity index (χ4v) is 5.50. The molecule has 170 valence electrons. The second-order valence-corrected chi connectivity index (χ2v) is 9.60. The van der Waals surface area contributed by atoms with E-state index in [4.69, 9.17) is 0 Å². The minimum Gasteiger partial charge on any atom is -0.342 e. The fraction of sp³-hybridized carbons (Fsp3) is 0.346. The van der Waals surface area contributed by atoms with Gasteiger partial charge < -0.3 is 14.8 Å². The SMILES string of the molecule is O=C(Nc1ccc(-c2ncc3n2CCCC3)cc1)c1ccccc1SCC(=O)N1CCCC1. The second-order valence-electron chi connectivity index (χ2n) is 8.59. The molecule has 0 atom stereocenters. The summed E-state index contributed by atoms with van der Waals surface area (Å²) in [6.45, 7) is 2.70. The van der Waals surface area contributed by atoms with Crippen LogP contribution in [-0.4, -0.2) is 45.1 Å². The Labute approximate surface area is 198 Å². The van der Waals surface area contributed by atoms with E-state index in [2.05, 4.69) is 14.9 Å². The monoisotopic (exact) mass is 460 g/mol. The number of nitrogens with one attached hydrogen (secondary N) is 1. The van der Waals surface area contributed by atoms with Crippen molar-refractivity contribution in [2.45, 2.75) is 43.5 Å². The van der Waals surface area contributed by atoms with Gasteiger partial charge in [0.2, 0.25) is 5.91 Å². The summed E-state index contributed by atoms with van der Waals surface area (Å²) in [4.78, 5) is 32.8. The van der Waals surface area contributed by atoms with Crippen LogP contribution >= 0.6 is 11.8 Å². The van der Waals surface area contributed by atoms with E-state index < -0.39 is 0 Å². The average molecular weight is 461 g/mol. The van der Waals surface area contributed by atoms with Gasteiger partial charge in [0.1, 0.15) is 5.82 Å². The van der Waals surface area contributed by atoms with E-state index in [1.54, 1.807) is 0 Å². The summed E-state index contributed by atoms with van der Waals surface area (Å²) in [6, 6.07) is 15.3. The number of aromatic nitrogens is 2. The van der Waals surface area contributed by atoms with Crippen molar-refractivity contribution in [1.29, 1.82) is 0 Å². The van der Waals surface area contributed by atoms with E-state index in [0.29, 0.717) is 11.3 Å². The van der Waals surface area contributed by atoms with Crippen molar-refractivity contribution < 1.29 is 9.59 Å². The number of fused-ring (bicyclic) bond motifs is 1. The van der Waals surface area contributed by atoms with Gasteiger partial charge in [-0.05, 0) is 68.5 Å². The molecule has 33 heavy (non-hydrogen) atoms. The number of nitrogens with zero attached hydrogens (tertiary/aromatic N) is 3. The van der Waals surface area contributed by atoms with Crippen molar-refractivity contribution in [3.8, 4) is 11.4 Å². The van der Waals surface area contributed by atoms with E-state index in [9.17, 15) is 9.59 Å². The number of aryl methyl sites for hydroxylation is 1. The number of rotatable bonds is 6. The third kappa shape index (κ3) is 4.83. The van der Waals surface area contributed by atoms with Crippen molar-refractivity contribution in [2.24, 2.45) is 0 Å². The summed E-state index contributed by atoms with van der Waals surface area (Å²) in [5, 5.41) is 3.00. The normalized spacial score (nSPS) is 15.3. The Bertz CT molecular complexity index is 1150.